The van der Waals surface area contributed by atoms with Gasteiger partial charge in [-0.25, -0.2) is 0 Å². The third-order valence-electron chi connectivity index (χ3n) is 3.43. The lowest BCUT2D eigenvalue weighted by Crippen LogP contribution is -2.49. The number of ether oxygens (including phenoxy) is 2. The molecule has 2 atom stereocenters. The molecule has 2 aliphatic heterocycles. The number of rotatable bonds is 2. The summed E-state index contributed by atoms with van der Waals surface area (Å²) in [7, 11) is 0. The Morgan fingerprint density at radius 3 is 2.88 bits per heavy atom. The number of nitrogens with zero attached hydrogens (tertiary/aromatic N) is 1. The van der Waals surface area contributed by atoms with E-state index in [4.69, 9.17) is 9.47 Å². The van der Waals surface area contributed by atoms with Gasteiger partial charge in [0.05, 0.1) is 19.8 Å². The molecule has 2 heterocycles. The van der Waals surface area contributed by atoms with Crippen molar-refractivity contribution in [2.45, 2.75) is 37.8 Å². The first kappa shape index (κ1) is 13.3. The topological polar surface area (TPSA) is 38.8 Å². The average Bonchev–Trinajstić information content (AvgIpc) is 2.64. The Kier molecular flexibility index (Phi) is 5.25. The zero-order valence-corrected chi connectivity index (χ0v) is 11.7. The maximum atomic E-state index is 12.4. The number of carbonyl (C=O) groups is 1. The second-order valence-corrected chi connectivity index (χ2v) is 5.27. The van der Waals surface area contributed by atoms with E-state index in [2.05, 4.69) is 15.9 Å². The highest BCUT2D eigenvalue weighted by molar-refractivity contribution is 9.09. The molecule has 0 bridgehead atoms. The number of likely N-dealkylation sites (tertiary alicyclic amines) is 1. The van der Waals surface area contributed by atoms with Crippen molar-refractivity contribution < 1.29 is 14.3 Å². The van der Waals surface area contributed by atoms with Gasteiger partial charge < -0.3 is 14.4 Å². The molecule has 2 rings (SSSR count). The molecule has 2 saturated heterocycles. The molecule has 0 aromatic heterocycles. The van der Waals surface area contributed by atoms with Crippen molar-refractivity contribution in [1.82, 2.24) is 4.90 Å². The Morgan fingerprint density at radius 2 is 2.18 bits per heavy atom. The highest BCUT2D eigenvalue weighted by atomic mass is 79.9. The number of alkyl halides is 1. The molecule has 0 spiro atoms. The summed E-state index contributed by atoms with van der Waals surface area (Å²) in [5.74, 6) is 0.107. The second-order valence-electron chi connectivity index (χ2n) is 4.62. The molecule has 4 nitrogen and oxygen atoms in total. The van der Waals surface area contributed by atoms with Crippen molar-refractivity contribution in [1.29, 1.82) is 0 Å². The molecule has 1 amide bonds. The van der Waals surface area contributed by atoms with Crippen LogP contribution in [0.1, 0.15) is 25.7 Å². The maximum absolute atomic E-state index is 12.4. The lowest BCUT2D eigenvalue weighted by molar-refractivity contribution is -0.159. The van der Waals surface area contributed by atoms with Crippen LogP contribution >= 0.6 is 15.9 Å². The van der Waals surface area contributed by atoms with Crippen LogP contribution in [-0.2, 0) is 14.3 Å². The summed E-state index contributed by atoms with van der Waals surface area (Å²) in [4.78, 5) is 14.4. The van der Waals surface area contributed by atoms with Crippen LogP contribution < -0.4 is 0 Å². The van der Waals surface area contributed by atoms with Gasteiger partial charge in [-0.3, -0.25) is 4.79 Å². The fourth-order valence-corrected chi connectivity index (χ4v) is 3.12. The number of hydrogen-bond donors (Lipinski definition) is 0. The first-order valence-electron chi connectivity index (χ1n) is 6.38. The summed E-state index contributed by atoms with van der Waals surface area (Å²) in [5, 5.41) is 0.853. The predicted molar refractivity (Wildman–Crippen MR) is 68.3 cm³/mol. The van der Waals surface area contributed by atoms with Gasteiger partial charge in [0.2, 0.25) is 0 Å². The predicted octanol–water partition coefficient (Wildman–Crippen LogP) is 1.57. The number of amides is 1. The van der Waals surface area contributed by atoms with E-state index in [0.717, 1.165) is 24.7 Å². The molecule has 2 aliphatic rings. The zero-order valence-electron chi connectivity index (χ0n) is 10.1. The molecular weight excluding hydrogens is 286 g/mol. The standard InChI is InChI=1S/C12H20BrNO3/c13-8-10-4-2-1-3-5-14(10)12(15)11-9-16-6-7-17-11/h10-11H,1-9H2. The van der Waals surface area contributed by atoms with Crippen molar-refractivity contribution in [2.75, 3.05) is 31.7 Å². The summed E-state index contributed by atoms with van der Waals surface area (Å²) in [6.07, 6.45) is 4.23. The third kappa shape index (κ3) is 3.42. The Bertz CT molecular complexity index is 256. The van der Waals surface area contributed by atoms with Crippen LogP contribution in [0.4, 0.5) is 0 Å². The van der Waals surface area contributed by atoms with Gasteiger partial charge >= 0.3 is 0 Å². The molecule has 0 aromatic carbocycles. The molecule has 0 aliphatic carbocycles. The fraction of sp³-hybridized carbons (Fsp3) is 0.917. The van der Waals surface area contributed by atoms with E-state index in [-0.39, 0.29) is 12.0 Å². The minimum atomic E-state index is -0.386. The molecule has 2 unspecified atom stereocenters. The monoisotopic (exact) mass is 305 g/mol. The van der Waals surface area contributed by atoms with Gasteiger partial charge in [0.15, 0.2) is 6.10 Å². The van der Waals surface area contributed by atoms with Crippen LogP contribution in [0, 0.1) is 0 Å². The number of carbonyl (C=O) groups excluding carboxylic acids is 1. The third-order valence-corrected chi connectivity index (χ3v) is 4.18. The van der Waals surface area contributed by atoms with Gasteiger partial charge in [-0.2, -0.15) is 0 Å². The normalized spacial score (nSPS) is 31.0. The SMILES string of the molecule is O=C(C1COCCO1)N1CCCCCC1CBr. The molecule has 0 saturated carbocycles. The van der Waals surface area contributed by atoms with E-state index < -0.39 is 0 Å². The van der Waals surface area contributed by atoms with Crippen LogP contribution in [0.5, 0.6) is 0 Å². The summed E-state index contributed by atoms with van der Waals surface area (Å²) in [5.41, 5.74) is 0. The van der Waals surface area contributed by atoms with Gasteiger partial charge in [0.25, 0.3) is 5.91 Å². The van der Waals surface area contributed by atoms with Crippen LogP contribution in [0.3, 0.4) is 0 Å². The van der Waals surface area contributed by atoms with E-state index in [1.165, 1.54) is 12.8 Å². The largest absolute Gasteiger partial charge is 0.376 e. The van der Waals surface area contributed by atoms with Crippen LogP contribution in [0.25, 0.3) is 0 Å². The van der Waals surface area contributed by atoms with E-state index in [1.54, 1.807) is 0 Å². The molecule has 2 fully saturated rings. The Balaban J connectivity index is 1.98. The molecule has 5 heteroatoms. The molecular formula is C12H20BrNO3. The summed E-state index contributed by atoms with van der Waals surface area (Å²) in [6.45, 7) is 2.40. The van der Waals surface area contributed by atoms with Crippen molar-refractivity contribution in [2.24, 2.45) is 0 Å². The van der Waals surface area contributed by atoms with Crippen molar-refractivity contribution in [3.8, 4) is 0 Å². The molecule has 17 heavy (non-hydrogen) atoms. The maximum Gasteiger partial charge on any atom is 0.254 e. The highest BCUT2D eigenvalue weighted by Crippen LogP contribution is 2.20. The summed E-state index contributed by atoms with van der Waals surface area (Å²) >= 11 is 3.51. The molecule has 0 radical (unpaired) electrons. The van der Waals surface area contributed by atoms with Crippen LogP contribution in [0.2, 0.25) is 0 Å². The van der Waals surface area contributed by atoms with E-state index in [0.29, 0.717) is 25.9 Å². The van der Waals surface area contributed by atoms with Gasteiger partial charge in [-0.05, 0) is 12.8 Å². The Hall–Kier alpha value is -0.130. The molecule has 98 valence electrons. The van der Waals surface area contributed by atoms with Crippen LogP contribution in [-0.4, -0.2) is 54.6 Å². The van der Waals surface area contributed by atoms with Gasteiger partial charge in [0, 0.05) is 17.9 Å². The second kappa shape index (κ2) is 6.71. The van der Waals surface area contributed by atoms with Gasteiger partial charge in [-0.15, -0.1) is 0 Å². The quantitative estimate of drug-likeness (QED) is 0.727. The van der Waals surface area contributed by atoms with E-state index >= 15 is 0 Å². The smallest absolute Gasteiger partial charge is 0.254 e. The Morgan fingerprint density at radius 1 is 1.29 bits per heavy atom. The fourth-order valence-electron chi connectivity index (χ4n) is 2.44. The van der Waals surface area contributed by atoms with E-state index in [9.17, 15) is 4.79 Å². The zero-order chi connectivity index (χ0) is 12.1. The Labute approximate surface area is 111 Å². The number of halogens is 1. The minimum absolute atomic E-state index is 0.107. The van der Waals surface area contributed by atoms with Gasteiger partial charge in [-0.1, -0.05) is 28.8 Å². The minimum Gasteiger partial charge on any atom is -0.376 e. The number of hydrogen-bond acceptors (Lipinski definition) is 3. The first-order chi connectivity index (χ1) is 8.33. The molecule has 0 N–H and O–H groups in total. The van der Waals surface area contributed by atoms with Crippen molar-refractivity contribution in [3.63, 3.8) is 0 Å². The lowest BCUT2D eigenvalue weighted by atomic mass is 10.1. The summed E-state index contributed by atoms with van der Waals surface area (Å²) in [6, 6.07) is 0.315. The van der Waals surface area contributed by atoms with Crippen molar-refractivity contribution in [3.05, 3.63) is 0 Å². The lowest BCUT2D eigenvalue weighted by Gasteiger charge is -2.33. The van der Waals surface area contributed by atoms with Crippen molar-refractivity contribution >= 4 is 21.8 Å². The highest BCUT2D eigenvalue weighted by Gasteiger charge is 2.32. The molecule has 0 aromatic rings. The van der Waals surface area contributed by atoms with Gasteiger partial charge in [0.1, 0.15) is 0 Å². The first-order valence-corrected chi connectivity index (χ1v) is 7.51. The average molecular weight is 306 g/mol. The van der Waals surface area contributed by atoms with Crippen LogP contribution in [0.15, 0.2) is 0 Å². The van der Waals surface area contributed by atoms with E-state index in [1.807, 2.05) is 4.90 Å². The summed E-state index contributed by atoms with van der Waals surface area (Å²) < 4.78 is 10.8.